The molecule has 23 heavy (non-hydrogen) atoms. The van der Waals surface area contributed by atoms with Crippen molar-refractivity contribution >= 4 is 11.5 Å². The lowest BCUT2D eigenvalue weighted by Crippen LogP contribution is -2.21. The Morgan fingerprint density at radius 3 is 2.83 bits per heavy atom. The SMILES string of the molecule is N#Cc1nccnc1Nc1cccc(Cn2cccnc2=O)c1. The Morgan fingerprint density at radius 2 is 2.00 bits per heavy atom. The molecule has 0 unspecified atom stereocenters. The maximum atomic E-state index is 11.7. The Kier molecular flexibility index (Phi) is 4.07. The molecule has 0 aliphatic heterocycles. The molecule has 0 aliphatic carbocycles. The molecule has 3 aromatic rings. The second-order valence-corrected chi connectivity index (χ2v) is 4.72. The van der Waals surface area contributed by atoms with Gasteiger partial charge in [0.05, 0.1) is 6.54 Å². The van der Waals surface area contributed by atoms with E-state index < -0.39 is 0 Å². The van der Waals surface area contributed by atoms with Crippen molar-refractivity contribution in [2.24, 2.45) is 0 Å². The molecule has 0 fully saturated rings. The number of nitriles is 1. The standard InChI is InChI=1S/C16H12N6O/c17-10-14-15(19-7-6-18-14)21-13-4-1-3-12(9-13)11-22-8-2-5-20-16(22)23/h1-9H,11H2,(H,19,21). The number of nitrogens with one attached hydrogen (secondary N) is 1. The Bertz CT molecular complexity index is 928. The first-order valence-corrected chi connectivity index (χ1v) is 6.85. The summed E-state index contributed by atoms with van der Waals surface area (Å²) < 4.78 is 1.52. The number of aromatic nitrogens is 4. The van der Waals surface area contributed by atoms with Crippen LogP contribution in [0.2, 0.25) is 0 Å². The summed E-state index contributed by atoms with van der Waals surface area (Å²) in [7, 11) is 0. The molecule has 0 bridgehead atoms. The number of anilines is 2. The van der Waals surface area contributed by atoms with Crippen molar-refractivity contribution in [1.82, 2.24) is 19.5 Å². The zero-order valence-corrected chi connectivity index (χ0v) is 12.0. The predicted molar refractivity (Wildman–Crippen MR) is 84.1 cm³/mol. The van der Waals surface area contributed by atoms with Gasteiger partial charge >= 0.3 is 5.69 Å². The zero-order chi connectivity index (χ0) is 16.1. The van der Waals surface area contributed by atoms with Crippen LogP contribution in [0.25, 0.3) is 0 Å². The molecule has 1 aromatic carbocycles. The van der Waals surface area contributed by atoms with Gasteiger partial charge in [0.2, 0.25) is 0 Å². The average Bonchev–Trinajstić information content (AvgIpc) is 2.58. The van der Waals surface area contributed by atoms with E-state index in [1.807, 2.05) is 30.3 Å². The zero-order valence-electron chi connectivity index (χ0n) is 12.0. The van der Waals surface area contributed by atoms with Crippen molar-refractivity contribution in [2.75, 3.05) is 5.32 Å². The number of benzene rings is 1. The highest BCUT2D eigenvalue weighted by atomic mass is 16.1. The summed E-state index contributed by atoms with van der Waals surface area (Å²) in [4.78, 5) is 23.5. The first-order valence-electron chi connectivity index (χ1n) is 6.85. The smallest absolute Gasteiger partial charge is 0.338 e. The minimum atomic E-state index is -0.299. The van der Waals surface area contributed by atoms with E-state index in [0.717, 1.165) is 11.3 Å². The van der Waals surface area contributed by atoms with Gasteiger partial charge in [0.15, 0.2) is 11.5 Å². The molecular formula is C16H12N6O. The van der Waals surface area contributed by atoms with E-state index in [4.69, 9.17) is 5.26 Å². The van der Waals surface area contributed by atoms with Crippen LogP contribution in [0.1, 0.15) is 11.3 Å². The summed E-state index contributed by atoms with van der Waals surface area (Å²) >= 11 is 0. The Morgan fingerprint density at radius 1 is 1.13 bits per heavy atom. The number of rotatable bonds is 4. The molecule has 7 heteroatoms. The molecule has 0 amide bonds. The van der Waals surface area contributed by atoms with E-state index >= 15 is 0 Å². The predicted octanol–water partition coefficient (Wildman–Crippen LogP) is 1.70. The topological polar surface area (TPSA) is 96.5 Å². The van der Waals surface area contributed by atoms with Crippen molar-refractivity contribution in [1.29, 1.82) is 5.26 Å². The van der Waals surface area contributed by atoms with Gasteiger partial charge in [0.1, 0.15) is 6.07 Å². The largest absolute Gasteiger partial charge is 0.347 e. The first-order chi connectivity index (χ1) is 11.3. The maximum Gasteiger partial charge on any atom is 0.347 e. The van der Waals surface area contributed by atoms with Crippen LogP contribution >= 0.6 is 0 Å². The Labute approximate surface area is 131 Å². The summed E-state index contributed by atoms with van der Waals surface area (Å²) in [6.07, 6.45) is 6.14. The van der Waals surface area contributed by atoms with E-state index in [1.165, 1.54) is 23.2 Å². The monoisotopic (exact) mass is 304 g/mol. The molecule has 0 radical (unpaired) electrons. The van der Waals surface area contributed by atoms with Crippen LogP contribution in [0.4, 0.5) is 11.5 Å². The highest BCUT2D eigenvalue weighted by Gasteiger charge is 2.05. The van der Waals surface area contributed by atoms with Crippen molar-refractivity contribution in [3.8, 4) is 6.07 Å². The average molecular weight is 304 g/mol. The molecule has 0 spiro atoms. The molecular weight excluding hydrogens is 292 g/mol. The lowest BCUT2D eigenvalue weighted by molar-refractivity contribution is 0.727. The number of nitrogens with zero attached hydrogens (tertiary/aromatic N) is 5. The summed E-state index contributed by atoms with van der Waals surface area (Å²) in [5, 5.41) is 12.1. The van der Waals surface area contributed by atoms with Crippen molar-refractivity contribution < 1.29 is 0 Å². The van der Waals surface area contributed by atoms with E-state index in [-0.39, 0.29) is 11.4 Å². The van der Waals surface area contributed by atoms with Gasteiger partial charge in [-0.1, -0.05) is 12.1 Å². The van der Waals surface area contributed by atoms with Gasteiger partial charge in [0.25, 0.3) is 0 Å². The molecule has 0 aliphatic rings. The van der Waals surface area contributed by atoms with Gasteiger partial charge in [-0.2, -0.15) is 5.26 Å². The van der Waals surface area contributed by atoms with Crippen LogP contribution in [-0.4, -0.2) is 19.5 Å². The quantitative estimate of drug-likeness (QED) is 0.788. The normalized spacial score (nSPS) is 10.0. The summed E-state index contributed by atoms with van der Waals surface area (Å²) in [5.74, 6) is 0.394. The number of hydrogen-bond donors (Lipinski definition) is 1. The molecule has 7 nitrogen and oxygen atoms in total. The van der Waals surface area contributed by atoms with Crippen LogP contribution in [0.5, 0.6) is 0 Å². The maximum absolute atomic E-state index is 11.7. The highest BCUT2D eigenvalue weighted by Crippen LogP contribution is 2.18. The minimum absolute atomic E-state index is 0.224. The second-order valence-electron chi connectivity index (χ2n) is 4.72. The molecule has 1 N–H and O–H groups in total. The van der Waals surface area contributed by atoms with E-state index in [1.54, 1.807) is 12.3 Å². The van der Waals surface area contributed by atoms with Gasteiger partial charge < -0.3 is 5.32 Å². The third-order valence-corrected chi connectivity index (χ3v) is 3.13. The van der Waals surface area contributed by atoms with Gasteiger partial charge in [0, 0.05) is 30.5 Å². The first kappa shape index (κ1) is 14.4. The van der Waals surface area contributed by atoms with Gasteiger partial charge in [-0.05, 0) is 23.8 Å². The van der Waals surface area contributed by atoms with Crippen molar-refractivity contribution in [2.45, 2.75) is 6.54 Å². The fourth-order valence-corrected chi connectivity index (χ4v) is 2.10. The van der Waals surface area contributed by atoms with E-state index in [0.29, 0.717) is 12.4 Å². The summed E-state index contributed by atoms with van der Waals surface area (Å²) in [6.45, 7) is 0.410. The third kappa shape index (κ3) is 3.39. The van der Waals surface area contributed by atoms with E-state index in [2.05, 4.69) is 20.3 Å². The summed E-state index contributed by atoms with van der Waals surface area (Å²) in [6, 6.07) is 11.2. The van der Waals surface area contributed by atoms with E-state index in [9.17, 15) is 4.79 Å². The molecule has 2 heterocycles. The molecule has 0 saturated carbocycles. The fraction of sp³-hybridized carbons (Fsp3) is 0.0625. The van der Waals surface area contributed by atoms with Crippen molar-refractivity contribution in [3.05, 3.63) is 76.9 Å². The number of hydrogen-bond acceptors (Lipinski definition) is 6. The molecule has 112 valence electrons. The van der Waals surface area contributed by atoms with Crippen LogP contribution in [0, 0.1) is 11.3 Å². The molecule has 0 saturated heterocycles. The van der Waals surface area contributed by atoms with Crippen LogP contribution in [0.3, 0.4) is 0 Å². The Balaban J connectivity index is 1.85. The third-order valence-electron chi connectivity index (χ3n) is 3.13. The van der Waals surface area contributed by atoms with Crippen LogP contribution in [-0.2, 0) is 6.54 Å². The fourth-order valence-electron chi connectivity index (χ4n) is 2.10. The van der Waals surface area contributed by atoms with Crippen molar-refractivity contribution in [3.63, 3.8) is 0 Å². The second kappa shape index (κ2) is 6.49. The molecule has 2 aromatic heterocycles. The lowest BCUT2D eigenvalue weighted by atomic mass is 10.2. The highest BCUT2D eigenvalue weighted by molar-refractivity contribution is 5.61. The van der Waals surface area contributed by atoms with Gasteiger partial charge in [-0.3, -0.25) is 4.57 Å². The lowest BCUT2D eigenvalue weighted by Gasteiger charge is -2.09. The molecule has 0 atom stereocenters. The van der Waals surface area contributed by atoms with Gasteiger partial charge in [-0.15, -0.1) is 0 Å². The Hall–Kier alpha value is -3.53. The van der Waals surface area contributed by atoms with Gasteiger partial charge in [-0.25, -0.2) is 19.7 Å². The molecule has 3 rings (SSSR count). The summed E-state index contributed by atoms with van der Waals surface area (Å²) in [5.41, 5.74) is 1.61. The minimum Gasteiger partial charge on any atom is -0.338 e. The van der Waals surface area contributed by atoms with Crippen LogP contribution in [0.15, 0.2) is 59.9 Å². The van der Waals surface area contributed by atoms with Crippen LogP contribution < -0.4 is 11.0 Å².